The molecular weight excluding hydrogens is 444 g/mol. The maximum absolute atomic E-state index is 12.8. The molecule has 6 nitrogen and oxygen atoms in total. The van der Waals surface area contributed by atoms with Crippen molar-refractivity contribution in [2.45, 2.75) is 6.92 Å². The molecular formula is C23H19BrN4O2. The molecule has 0 aliphatic heterocycles. The van der Waals surface area contributed by atoms with E-state index in [4.69, 9.17) is 4.74 Å². The standard InChI is InChI=1S/C23H19BrN4O2/c1-15-3-9-18(10-4-15)25-23(29)21-26-22(16-5-7-17(24)8-6-16)28(27-21)19-11-13-20(30-2)14-12-19/h3-14H,1-2H3,(H,25,29). The van der Waals surface area contributed by atoms with Gasteiger partial charge in [0.15, 0.2) is 5.82 Å². The molecule has 1 aromatic heterocycles. The molecule has 0 aliphatic carbocycles. The number of aromatic nitrogens is 3. The van der Waals surface area contributed by atoms with Crippen LogP contribution in [0.15, 0.2) is 77.3 Å². The van der Waals surface area contributed by atoms with Gasteiger partial charge in [-0.2, -0.15) is 0 Å². The molecule has 0 radical (unpaired) electrons. The SMILES string of the molecule is COc1ccc(-n2nc(C(=O)Nc3ccc(C)cc3)nc2-c2ccc(Br)cc2)cc1. The molecule has 1 heterocycles. The number of ether oxygens (including phenoxy) is 1. The fraction of sp³-hybridized carbons (Fsp3) is 0.0870. The summed E-state index contributed by atoms with van der Waals surface area (Å²) in [5, 5.41) is 7.34. The second-order valence-corrected chi connectivity index (χ2v) is 7.61. The van der Waals surface area contributed by atoms with E-state index in [0.29, 0.717) is 11.5 Å². The highest BCUT2D eigenvalue weighted by Crippen LogP contribution is 2.24. The Morgan fingerprint density at radius 1 is 0.967 bits per heavy atom. The molecule has 150 valence electrons. The smallest absolute Gasteiger partial charge is 0.295 e. The molecule has 4 aromatic rings. The lowest BCUT2D eigenvalue weighted by Gasteiger charge is -2.07. The van der Waals surface area contributed by atoms with Crippen molar-refractivity contribution < 1.29 is 9.53 Å². The molecule has 1 amide bonds. The number of nitrogens with zero attached hydrogens (tertiary/aromatic N) is 3. The van der Waals surface area contributed by atoms with Crippen LogP contribution in [0.3, 0.4) is 0 Å². The summed E-state index contributed by atoms with van der Waals surface area (Å²) in [6, 6.07) is 22.7. The van der Waals surface area contributed by atoms with E-state index in [2.05, 4.69) is 31.3 Å². The number of nitrogens with one attached hydrogen (secondary N) is 1. The lowest BCUT2D eigenvalue weighted by molar-refractivity contribution is 0.101. The quantitative estimate of drug-likeness (QED) is 0.438. The van der Waals surface area contributed by atoms with E-state index in [1.165, 1.54) is 0 Å². The highest BCUT2D eigenvalue weighted by Gasteiger charge is 2.19. The molecule has 30 heavy (non-hydrogen) atoms. The third-order valence-corrected chi connectivity index (χ3v) is 5.07. The Morgan fingerprint density at radius 2 is 1.63 bits per heavy atom. The molecule has 4 rings (SSSR count). The molecule has 0 atom stereocenters. The van der Waals surface area contributed by atoms with Crippen molar-refractivity contribution >= 4 is 27.5 Å². The van der Waals surface area contributed by atoms with Gasteiger partial charge in [-0.25, -0.2) is 9.67 Å². The highest BCUT2D eigenvalue weighted by atomic mass is 79.9. The average Bonchev–Trinajstić information content (AvgIpc) is 3.21. The molecule has 0 saturated carbocycles. The van der Waals surface area contributed by atoms with Crippen molar-refractivity contribution in [3.8, 4) is 22.8 Å². The third-order valence-electron chi connectivity index (χ3n) is 4.54. The Kier molecular flexibility index (Phi) is 5.63. The van der Waals surface area contributed by atoms with Crippen LogP contribution in [0.25, 0.3) is 17.1 Å². The summed E-state index contributed by atoms with van der Waals surface area (Å²) < 4.78 is 7.85. The van der Waals surface area contributed by atoms with Crippen LogP contribution >= 0.6 is 15.9 Å². The zero-order valence-corrected chi connectivity index (χ0v) is 18.1. The van der Waals surface area contributed by atoms with Gasteiger partial charge >= 0.3 is 0 Å². The van der Waals surface area contributed by atoms with E-state index in [9.17, 15) is 4.79 Å². The summed E-state index contributed by atoms with van der Waals surface area (Å²) >= 11 is 3.45. The second-order valence-electron chi connectivity index (χ2n) is 6.70. The van der Waals surface area contributed by atoms with Gasteiger partial charge in [0.05, 0.1) is 12.8 Å². The van der Waals surface area contributed by atoms with E-state index in [1.54, 1.807) is 11.8 Å². The summed E-state index contributed by atoms with van der Waals surface area (Å²) in [4.78, 5) is 17.3. The van der Waals surface area contributed by atoms with E-state index >= 15 is 0 Å². The number of rotatable bonds is 5. The molecule has 3 aromatic carbocycles. The Labute approximate surface area is 182 Å². The number of methoxy groups -OCH3 is 1. The van der Waals surface area contributed by atoms with E-state index in [0.717, 1.165) is 27.0 Å². The number of aryl methyl sites for hydroxylation is 1. The molecule has 7 heteroatoms. The molecule has 0 spiro atoms. The third kappa shape index (κ3) is 4.26. The first-order valence-corrected chi connectivity index (χ1v) is 10.1. The topological polar surface area (TPSA) is 69.0 Å². The predicted octanol–water partition coefficient (Wildman–Crippen LogP) is 5.27. The minimum atomic E-state index is -0.371. The monoisotopic (exact) mass is 462 g/mol. The number of hydrogen-bond donors (Lipinski definition) is 1. The van der Waals surface area contributed by atoms with Crippen LogP contribution in [0.2, 0.25) is 0 Å². The second kappa shape index (κ2) is 8.51. The minimum Gasteiger partial charge on any atom is -0.497 e. The fourth-order valence-corrected chi connectivity index (χ4v) is 3.19. The van der Waals surface area contributed by atoms with Crippen molar-refractivity contribution in [1.29, 1.82) is 0 Å². The largest absolute Gasteiger partial charge is 0.497 e. The minimum absolute atomic E-state index is 0.0873. The molecule has 0 fully saturated rings. The van der Waals surface area contributed by atoms with Crippen LogP contribution < -0.4 is 10.1 Å². The van der Waals surface area contributed by atoms with Gasteiger partial charge in [0, 0.05) is 15.7 Å². The summed E-state index contributed by atoms with van der Waals surface area (Å²) in [6.45, 7) is 1.99. The van der Waals surface area contributed by atoms with Gasteiger partial charge < -0.3 is 10.1 Å². The van der Waals surface area contributed by atoms with Gasteiger partial charge in [-0.3, -0.25) is 4.79 Å². The fourth-order valence-electron chi connectivity index (χ4n) is 2.92. The molecule has 0 saturated heterocycles. The van der Waals surface area contributed by atoms with Crippen LogP contribution in [0.4, 0.5) is 5.69 Å². The van der Waals surface area contributed by atoms with E-state index in [1.807, 2.05) is 79.7 Å². The number of hydrogen-bond acceptors (Lipinski definition) is 4. The van der Waals surface area contributed by atoms with Gasteiger partial charge in [0.25, 0.3) is 5.91 Å². The van der Waals surface area contributed by atoms with Crippen LogP contribution in [-0.2, 0) is 0 Å². The van der Waals surface area contributed by atoms with Crippen molar-refractivity contribution in [3.63, 3.8) is 0 Å². The molecule has 1 N–H and O–H groups in total. The number of anilines is 1. The molecule has 0 unspecified atom stereocenters. The summed E-state index contributed by atoms with van der Waals surface area (Å²) in [6.07, 6.45) is 0. The summed E-state index contributed by atoms with van der Waals surface area (Å²) in [5.74, 6) is 1.02. The Hall–Kier alpha value is -3.45. The first-order valence-electron chi connectivity index (χ1n) is 9.29. The van der Waals surface area contributed by atoms with Crippen molar-refractivity contribution in [3.05, 3.63) is 88.7 Å². The van der Waals surface area contributed by atoms with Crippen molar-refractivity contribution in [2.75, 3.05) is 12.4 Å². The normalized spacial score (nSPS) is 10.6. The number of amides is 1. The van der Waals surface area contributed by atoms with Crippen LogP contribution in [0, 0.1) is 6.92 Å². The van der Waals surface area contributed by atoms with Crippen LogP contribution in [0.5, 0.6) is 5.75 Å². The lowest BCUT2D eigenvalue weighted by atomic mass is 10.2. The van der Waals surface area contributed by atoms with Crippen molar-refractivity contribution in [2.24, 2.45) is 0 Å². The van der Waals surface area contributed by atoms with Gasteiger partial charge in [-0.15, -0.1) is 5.10 Å². The van der Waals surface area contributed by atoms with Gasteiger partial charge in [0.2, 0.25) is 5.82 Å². The van der Waals surface area contributed by atoms with Crippen molar-refractivity contribution in [1.82, 2.24) is 14.8 Å². The summed E-state index contributed by atoms with van der Waals surface area (Å²) in [7, 11) is 1.62. The van der Waals surface area contributed by atoms with Crippen LogP contribution in [0.1, 0.15) is 16.2 Å². The van der Waals surface area contributed by atoms with Crippen LogP contribution in [-0.4, -0.2) is 27.8 Å². The number of carbonyl (C=O) groups excluding carboxylic acids is 1. The molecule has 0 aliphatic rings. The first kappa shape index (κ1) is 19.8. The zero-order chi connectivity index (χ0) is 21.1. The Bertz CT molecular complexity index is 1170. The highest BCUT2D eigenvalue weighted by molar-refractivity contribution is 9.10. The first-order chi connectivity index (χ1) is 14.5. The predicted molar refractivity (Wildman–Crippen MR) is 120 cm³/mol. The van der Waals surface area contributed by atoms with Gasteiger partial charge in [0.1, 0.15) is 5.75 Å². The zero-order valence-electron chi connectivity index (χ0n) is 16.5. The van der Waals surface area contributed by atoms with E-state index < -0.39 is 0 Å². The summed E-state index contributed by atoms with van der Waals surface area (Å²) in [5.41, 5.74) is 3.43. The number of benzene rings is 3. The maximum atomic E-state index is 12.8. The van der Waals surface area contributed by atoms with Gasteiger partial charge in [-0.1, -0.05) is 45.8 Å². The van der Waals surface area contributed by atoms with Gasteiger partial charge in [-0.05, 0) is 55.5 Å². The lowest BCUT2D eigenvalue weighted by Crippen LogP contribution is -2.14. The Balaban J connectivity index is 1.73. The Morgan fingerprint density at radius 3 is 2.27 bits per heavy atom. The maximum Gasteiger partial charge on any atom is 0.295 e. The number of carbonyl (C=O) groups is 1. The molecule has 0 bridgehead atoms. The van der Waals surface area contributed by atoms with E-state index in [-0.39, 0.29) is 11.7 Å². The average molecular weight is 463 g/mol. The number of halogens is 1.